The second kappa shape index (κ2) is 4.13. The molecule has 0 saturated heterocycles. The maximum atomic E-state index is 6.30. The molecule has 0 heterocycles. The highest BCUT2D eigenvalue weighted by atomic mass is 35.5. The molecule has 4 heteroatoms. The summed E-state index contributed by atoms with van der Waals surface area (Å²) in [6.07, 6.45) is 2.25. The van der Waals surface area contributed by atoms with Crippen molar-refractivity contribution in [3.63, 3.8) is 0 Å². The molecule has 4 atom stereocenters. The maximum absolute atomic E-state index is 6.30. The number of halogens is 4. The molecule has 1 fully saturated rings. The summed E-state index contributed by atoms with van der Waals surface area (Å²) in [5, 5.41) is -0.131. The Bertz CT molecular complexity index is 161. The average Bonchev–Trinajstić information content (AvgIpc) is 2.01. The van der Waals surface area contributed by atoms with Crippen LogP contribution in [-0.2, 0) is 0 Å². The smallest absolute Gasteiger partial charge is 0.0622 e. The van der Waals surface area contributed by atoms with E-state index in [1.165, 1.54) is 0 Å². The van der Waals surface area contributed by atoms with E-state index in [0.717, 1.165) is 6.42 Å². The van der Waals surface area contributed by atoms with Crippen LogP contribution in [0.3, 0.4) is 0 Å². The Balaban J connectivity index is 2.67. The minimum Gasteiger partial charge on any atom is -0.121 e. The van der Waals surface area contributed by atoms with Gasteiger partial charge in [-0.25, -0.2) is 0 Å². The van der Waals surface area contributed by atoms with E-state index in [0.29, 0.717) is 12.8 Å². The standard InChI is InChI=1S/C8H12Cl4/c1-2-8(12)4-6(10)5(9)3-7(8)11/h5-7H,2-4H2,1H3/t5-,6-,7-,8-/m0/s1. The molecule has 0 spiro atoms. The molecular formula is C8H12Cl4. The molecule has 1 aliphatic carbocycles. The van der Waals surface area contributed by atoms with Gasteiger partial charge in [-0.3, -0.25) is 0 Å². The van der Waals surface area contributed by atoms with E-state index in [1.54, 1.807) is 0 Å². The second-order valence-electron chi connectivity index (χ2n) is 3.33. The largest absolute Gasteiger partial charge is 0.121 e. The van der Waals surface area contributed by atoms with Gasteiger partial charge in [-0.15, -0.1) is 46.4 Å². The average molecular weight is 250 g/mol. The molecule has 1 aliphatic rings. The molecule has 1 rings (SSSR count). The number of hydrogen-bond donors (Lipinski definition) is 0. The van der Waals surface area contributed by atoms with Crippen molar-refractivity contribution in [3.8, 4) is 0 Å². The Hall–Kier alpha value is 1.16. The van der Waals surface area contributed by atoms with Gasteiger partial charge in [0.25, 0.3) is 0 Å². The van der Waals surface area contributed by atoms with Crippen molar-refractivity contribution in [2.75, 3.05) is 0 Å². The molecule has 0 nitrogen and oxygen atoms in total. The van der Waals surface area contributed by atoms with Gasteiger partial charge >= 0.3 is 0 Å². The lowest BCUT2D eigenvalue weighted by molar-refractivity contribution is 0.396. The minimum atomic E-state index is -0.348. The van der Waals surface area contributed by atoms with Gasteiger partial charge in [-0.1, -0.05) is 6.92 Å². The molecule has 0 aromatic heterocycles. The van der Waals surface area contributed by atoms with Gasteiger partial charge in [0, 0.05) is 0 Å². The molecule has 1 saturated carbocycles. The lowest BCUT2D eigenvalue weighted by Gasteiger charge is -2.39. The van der Waals surface area contributed by atoms with Gasteiger partial charge in [0.05, 0.1) is 21.0 Å². The first kappa shape index (κ1) is 11.2. The lowest BCUT2D eigenvalue weighted by atomic mass is 9.85. The van der Waals surface area contributed by atoms with Crippen molar-refractivity contribution in [1.82, 2.24) is 0 Å². The van der Waals surface area contributed by atoms with E-state index in [4.69, 9.17) is 46.4 Å². The lowest BCUT2D eigenvalue weighted by Crippen LogP contribution is -2.44. The Morgan fingerprint density at radius 3 is 2.33 bits per heavy atom. The number of hydrogen-bond acceptors (Lipinski definition) is 0. The van der Waals surface area contributed by atoms with Crippen LogP contribution in [0, 0.1) is 0 Å². The van der Waals surface area contributed by atoms with E-state index < -0.39 is 0 Å². The summed E-state index contributed by atoms with van der Waals surface area (Å²) in [5.41, 5.74) is 0. The van der Waals surface area contributed by atoms with Crippen LogP contribution in [0.4, 0.5) is 0 Å². The topological polar surface area (TPSA) is 0 Å². The molecule has 0 amide bonds. The van der Waals surface area contributed by atoms with Gasteiger partial charge < -0.3 is 0 Å². The summed E-state index contributed by atoms with van der Waals surface area (Å²) >= 11 is 24.4. The highest BCUT2D eigenvalue weighted by Crippen LogP contribution is 2.43. The molecule has 0 unspecified atom stereocenters. The summed E-state index contributed by atoms with van der Waals surface area (Å²) in [5.74, 6) is 0. The van der Waals surface area contributed by atoms with Crippen LogP contribution < -0.4 is 0 Å². The normalized spacial score (nSPS) is 49.2. The highest BCUT2D eigenvalue weighted by molar-refractivity contribution is 6.36. The predicted molar refractivity (Wildman–Crippen MR) is 57.0 cm³/mol. The van der Waals surface area contributed by atoms with Gasteiger partial charge in [-0.05, 0) is 19.3 Å². The van der Waals surface area contributed by atoms with Crippen LogP contribution in [0.2, 0.25) is 0 Å². The summed E-state index contributed by atoms with van der Waals surface area (Å²) in [6.45, 7) is 2.03. The van der Waals surface area contributed by atoms with Crippen LogP contribution in [0.15, 0.2) is 0 Å². The fourth-order valence-electron chi connectivity index (χ4n) is 1.50. The monoisotopic (exact) mass is 248 g/mol. The molecule has 0 bridgehead atoms. The first-order chi connectivity index (χ1) is 5.49. The van der Waals surface area contributed by atoms with Crippen LogP contribution in [-0.4, -0.2) is 21.0 Å². The van der Waals surface area contributed by atoms with Gasteiger partial charge in [0.2, 0.25) is 0 Å². The summed E-state index contributed by atoms with van der Waals surface area (Å²) in [7, 11) is 0. The van der Waals surface area contributed by atoms with Crippen LogP contribution in [0.1, 0.15) is 26.2 Å². The van der Waals surface area contributed by atoms with Crippen molar-refractivity contribution in [1.29, 1.82) is 0 Å². The number of rotatable bonds is 1. The van der Waals surface area contributed by atoms with Crippen LogP contribution in [0.25, 0.3) is 0 Å². The zero-order valence-electron chi connectivity index (χ0n) is 6.87. The first-order valence-electron chi connectivity index (χ1n) is 4.10. The molecule has 12 heavy (non-hydrogen) atoms. The molecule has 0 aromatic carbocycles. The van der Waals surface area contributed by atoms with Gasteiger partial charge in [0.1, 0.15) is 0 Å². The zero-order chi connectivity index (χ0) is 9.35. The van der Waals surface area contributed by atoms with Gasteiger partial charge in [0.15, 0.2) is 0 Å². The van der Waals surface area contributed by atoms with E-state index in [9.17, 15) is 0 Å². The Morgan fingerprint density at radius 1 is 1.25 bits per heavy atom. The minimum absolute atomic E-state index is 0.0346. The number of alkyl halides is 4. The quantitative estimate of drug-likeness (QED) is 0.617. The second-order valence-corrected chi connectivity index (χ2v) is 5.73. The molecule has 0 radical (unpaired) electrons. The fourth-order valence-corrected chi connectivity index (χ4v) is 3.01. The van der Waals surface area contributed by atoms with Crippen molar-refractivity contribution < 1.29 is 0 Å². The summed E-state index contributed by atoms with van der Waals surface area (Å²) in [6, 6.07) is 0. The van der Waals surface area contributed by atoms with E-state index in [1.807, 2.05) is 6.92 Å². The van der Waals surface area contributed by atoms with E-state index in [2.05, 4.69) is 0 Å². The molecule has 72 valence electrons. The third-order valence-electron chi connectivity index (χ3n) is 2.51. The summed E-state index contributed by atoms with van der Waals surface area (Å²) in [4.78, 5) is -0.348. The van der Waals surface area contributed by atoms with E-state index in [-0.39, 0.29) is 21.0 Å². The van der Waals surface area contributed by atoms with Crippen molar-refractivity contribution in [2.24, 2.45) is 0 Å². The first-order valence-corrected chi connectivity index (χ1v) is 5.79. The van der Waals surface area contributed by atoms with Crippen LogP contribution >= 0.6 is 46.4 Å². The van der Waals surface area contributed by atoms with E-state index >= 15 is 0 Å². The highest BCUT2D eigenvalue weighted by Gasteiger charge is 2.43. The molecule has 0 aromatic rings. The third kappa shape index (κ3) is 2.15. The Labute approximate surface area is 93.5 Å². The van der Waals surface area contributed by atoms with Gasteiger partial charge in [-0.2, -0.15) is 0 Å². The van der Waals surface area contributed by atoms with Crippen LogP contribution in [0.5, 0.6) is 0 Å². The van der Waals surface area contributed by atoms with Crippen molar-refractivity contribution in [2.45, 2.75) is 47.2 Å². The fraction of sp³-hybridized carbons (Fsp3) is 1.00. The van der Waals surface area contributed by atoms with Crippen molar-refractivity contribution in [3.05, 3.63) is 0 Å². The third-order valence-corrected chi connectivity index (χ3v) is 4.97. The molecular weight excluding hydrogens is 238 g/mol. The zero-order valence-corrected chi connectivity index (χ0v) is 9.89. The SMILES string of the molecule is CC[C@]1(Cl)C[C@H](Cl)[C@@H](Cl)C[C@@H]1Cl. The summed E-state index contributed by atoms with van der Waals surface area (Å²) < 4.78 is 0. The predicted octanol–water partition coefficient (Wildman–Crippen LogP) is 3.99. The Morgan fingerprint density at radius 2 is 1.83 bits per heavy atom. The molecule has 0 N–H and O–H groups in total. The van der Waals surface area contributed by atoms with Crippen molar-refractivity contribution >= 4 is 46.4 Å². The Kier molecular flexibility index (Phi) is 3.86. The molecule has 0 aliphatic heterocycles. The maximum Gasteiger partial charge on any atom is 0.0622 e.